The first-order chi connectivity index (χ1) is 14.6. The molecule has 2 atom stereocenters. The normalized spacial score (nSPS) is 26.0. The highest BCUT2D eigenvalue weighted by Gasteiger charge is 2.33. The summed E-state index contributed by atoms with van der Waals surface area (Å²) in [7, 11) is 3.84. The number of methoxy groups -OCH3 is 1. The fraction of sp³-hybridized carbons (Fsp3) is 0.625. The summed E-state index contributed by atoms with van der Waals surface area (Å²) in [6.45, 7) is 5.57. The van der Waals surface area contributed by atoms with Gasteiger partial charge in [0.2, 0.25) is 5.88 Å². The molecule has 6 heteroatoms. The summed E-state index contributed by atoms with van der Waals surface area (Å²) >= 11 is 0. The number of fused-ring (bicyclic) bond motifs is 1. The largest absolute Gasteiger partial charge is 0.498 e. The zero-order valence-electron chi connectivity index (χ0n) is 18.2. The van der Waals surface area contributed by atoms with Crippen molar-refractivity contribution in [3.05, 3.63) is 47.4 Å². The number of ether oxygens (including phenoxy) is 2. The molecule has 164 valence electrons. The van der Waals surface area contributed by atoms with Gasteiger partial charge in [-0.1, -0.05) is 17.7 Å². The van der Waals surface area contributed by atoms with Crippen molar-refractivity contribution >= 4 is 0 Å². The number of pyridine rings is 1. The van der Waals surface area contributed by atoms with Crippen LogP contribution in [0.15, 0.2) is 41.8 Å². The zero-order chi connectivity index (χ0) is 20.9. The van der Waals surface area contributed by atoms with Gasteiger partial charge in [0.05, 0.1) is 19.5 Å². The van der Waals surface area contributed by atoms with E-state index in [1.165, 1.54) is 11.1 Å². The van der Waals surface area contributed by atoms with Gasteiger partial charge >= 0.3 is 0 Å². The maximum Gasteiger partial charge on any atom is 0.212 e. The topological polar surface area (TPSA) is 37.8 Å². The Hall–Kier alpha value is -1.92. The molecule has 0 bridgehead atoms. The lowest BCUT2D eigenvalue weighted by Crippen LogP contribution is -2.39. The van der Waals surface area contributed by atoms with Crippen molar-refractivity contribution in [2.45, 2.75) is 37.8 Å². The van der Waals surface area contributed by atoms with E-state index in [4.69, 9.17) is 9.47 Å². The van der Waals surface area contributed by atoms with Crippen LogP contribution in [0.2, 0.25) is 0 Å². The second-order valence-electron chi connectivity index (χ2n) is 8.83. The van der Waals surface area contributed by atoms with Crippen LogP contribution < -0.4 is 4.74 Å². The minimum absolute atomic E-state index is 0.364. The molecule has 1 aromatic heterocycles. The molecule has 1 aliphatic carbocycles. The Bertz CT molecular complexity index is 756. The van der Waals surface area contributed by atoms with Crippen LogP contribution in [0.4, 0.5) is 4.39 Å². The van der Waals surface area contributed by atoms with Crippen molar-refractivity contribution in [1.82, 2.24) is 14.8 Å². The Labute approximate surface area is 179 Å². The molecule has 2 aliphatic heterocycles. The van der Waals surface area contributed by atoms with Gasteiger partial charge in [-0.25, -0.2) is 9.37 Å². The van der Waals surface area contributed by atoms with Gasteiger partial charge < -0.3 is 19.3 Å². The quantitative estimate of drug-likeness (QED) is 0.634. The molecule has 0 spiro atoms. The number of aromatic nitrogens is 1. The number of rotatable bonds is 7. The highest BCUT2D eigenvalue weighted by Crippen LogP contribution is 2.40. The lowest BCUT2D eigenvalue weighted by atomic mass is 9.76. The molecule has 30 heavy (non-hydrogen) atoms. The van der Waals surface area contributed by atoms with E-state index >= 15 is 0 Å². The van der Waals surface area contributed by atoms with Crippen LogP contribution in [-0.2, 0) is 4.74 Å². The van der Waals surface area contributed by atoms with Crippen molar-refractivity contribution in [2.75, 3.05) is 53.5 Å². The molecule has 0 radical (unpaired) electrons. The van der Waals surface area contributed by atoms with E-state index in [0.29, 0.717) is 30.6 Å². The van der Waals surface area contributed by atoms with Gasteiger partial charge in [0, 0.05) is 63.2 Å². The summed E-state index contributed by atoms with van der Waals surface area (Å²) in [6.07, 6.45) is 9.10. The van der Waals surface area contributed by atoms with E-state index in [0.717, 1.165) is 57.9 Å². The maximum atomic E-state index is 13.2. The number of likely N-dealkylation sites (tertiary alicyclic amines) is 2. The van der Waals surface area contributed by atoms with E-state index in [2.05, 4.69) is 40.0 Å². The zero-order valence-corrected chi connectivity index (χ0v) is 18.2. The van der Waals surface area contributed by atoms with E-state index in [1.54, 1.807) is 7.11 Å². The second kappa shape index (κ2) is 9.92. The third-order valence-corrected chi connectivity index (χ3v) is 6.60. The first-order valence-corrected chi connectivity index (χ1v) is 11.2. The van der Waals surface area contributed by atoms with Gasteiger partial charge in [-0.3, -0.25) is 0 Å². The summed E-state index contributed by atoms with van der Waals surface area (Å²) in [5.41, 5.74) is 2.73. The molecule has 2 unspecified atom stereocenters. The smallest absolute Gasteiger partial charge is 0.212 e. The molecular formula is C24H34FN3O2. The molecule has 4 rings (SSSR count). The SMILES string of the molecule is COc1ccc(C2CN(C)CC3CC(OCCCN4CCC(F)CC4)=CC=C32)cn1. The van der Waals surface area contributed by atoms with Crippen molar-refractivity contribution in [3.8, 4) is 5.88 Å². The third kappa shape index (κ3) is 5.22. The molecule has 2 saturated heterocycles. The molecule has 3 heterocycles. The number of nitrogens with zero attached hydrogens (tertiary/aromatic N) is 3. The van der Waals surface area contributed by atoms with Crippen LogP contribution >= 0.6 is 0 Å². The lowest BCUT2D eigenvalue weighted by molar-refractivity contribution is 0.127. The Morgan fingerprint density at radius 1 is 1.17 bits per heavy atom. The molecule has 0 saturated carbocycles. The van der Waals surface area contributed by atoms with Gasteiger partial charge in [0.25, 0.3) is 0 Å². The van der Waals surface area contributed by atoms with Crippen LogP contribution in [0.5, 0.6) is 5.88 Å². The van der Waals surface area contributed by atoms with Gasteiger partial charge in [0.15, 0.2) is 0 Å². The van der Waals surface area contributed by atoms with Crippen LogP contribution in [0.1, 0.15) is 37.2 Å². The fourth-order valence-corrected chi connectivity index (χ4v) is 4.93. The predicted octanol–water partition coefficient (Wildman–Crippen LogP) is 3.79. The number of hydrogen-bond donors (Lipinski definition) is 0. The highest BCUT2D eigenvalue weighted by molar-refractivity contribution is 5.37. The van der Waals surface area contributed by atoms with E-state index in [-0.39, 0.29) is 0 Å². The predicted molar refractivity (Wildman–Crippen MR) is 116 cm³/mol. The van der Waals surface area contributed by atoms with Crippen molar-refractivity contribution in [3.63, 3.8) is 0 Å². The molecule has 0 N–H and O–H groups in total. The van der Waals surface area contributed by atoms with Crippen molar-refractivity contribution in [1.29, 1.82) is 0 Å². The minimum Gasteiger partial charge on any atom is -0.498 e. The van der Waals surface area contributed by atoms with Gasteiger partial charge in [-0.05, 0) is 37.9 Å². The number of halogens is 1. The van der Waals surface area contributed by atoms with E-state index < -0.39 is 6.17 Å². The average molecular weight is 416 g/mol. The summed E-state index contributed by atoms with van der Waals surface area (Å²) < 4.78 is 24.6. The number of likely N-dealkylation sites (N-methyl/N-ethyl adjacent to an activating group) is 1. The molecule has 3 aliphatic rings. The fourth-order valence-electron chi connectivity index (χ4n) is 4.93. The Kier molecular flexibility index (Phi) is 7.05. The summed E-state index contributed by atoms with van der Waals surface area (Å²) in [6, 6.07) is 4.08. The maximum absolute atomic E-state index is 13.2. The Balaban J connectivity index is 1.33. The first kappa shape index (κ1) is 21.3. The molecule has 1 aromatic rings. The van der Waals surface area contributed by atoms with Crippen LogP contribution in [0.3, 0.4) is 0 Å². The molecule has 0 aromatic carbocycles. The molecule has 5 nitrogen and oxygen atoms in total. The van der Waals surface area contributed by atoms with Gasteiger partial charge in [-0.2, -0.15) is 0 Å². The highest BCUT2D eigenvalue weighted by atomic mass is 19.1. The number of alkyl halides is 1. The summed E-state index contributed by atoms with van der Waals surface area (Å²) in [5, 5.41) is 0. The second-order valence-corrected chi connectivity index (χ2v) is 8.83. The minimum atomic E-state index is -0.600. The van der Waals surface area contributed by atoms with Crippen LogP contribution in [-0.4, -0.2) is 74.4 Å². The average Bonchev–Trinajstić information content (AvgIpc) is 2.77. The third-order valence-electron chi connectivity index (χ3n) is 6.60. The Morgan fingerprint density at radius 2 is 2.00 bits per heavy atom. The van der Waals surface area contributed by atoms with E-state index in [9.17, 15) is 4.39 Å². The summed E-state index contributed by atoms with van der Waals surface area (Å²) in [5.74, 6) is 2.60. The Morgan fingerprint density at radius 3 is 2.73 bits per heavy atom. The lowest BCUT2D eigenvalue weighted by Gasteiger charge is -2.40. The number of hydrogen-bond acceptors (Lipinski definition) is 5. The van der Waals surface area contributed by atoms with Gasteiger partial charge in [-0.15, -0.1) is 0 Å². The van der Waals surface area contributed by atoms with Crippen molar-refractivity contribution in [2.24, 2.45) is 5.92 Å². The van der Waals surface area contributed by atoms with Crippen LogP contribution in [0.25, 0.3) is 0 Å². The van der Waals surface area contributed by atoms with Crippen LogP contribution in [0, 0.1) is 5.92 Å². The molecule has 2 fully saturated rings. The number of piperidine rings is 2. The summed E-state index contributed by atoms with van der Waals surface area (Å²) in [4.78, 5) is 9.18. The monoisotopic (exact) mass is 415 g/mol. The molecular weight excluding hydrogens is 381 g/mol. The molecule has 0 amide bonds. The number of allylic oxidation sites excluding steroid dienone is 3. The van der Waals surface area contributed by atoms with Gasteiger partial charge in [0.1, 0.15) is 6.17 Å². The van der Waals surface area contributed by atoms with Crippen molar-refractivity contribution < 1.29 is 13.9 Å². The van der Waals surface area contributed by atoms with E-state index in [1.807, 2.05) is 12.3 Å². The standard InChI is InChI=1S/C24H34FN3O2/c1-27-16-19-14-21(30-13-3-10-28-11-8-20(25)9-12-28)5-6-22(19)23(17-27)18-4-7-24(29-2)26-15-18/h4-7,15,19-20,23H,3,8-14,16-17H2,1-2H3. The first-order valence-electron chi connectivity index (χ1n) is 11.2.